The van der Waals surface area contributed by atoms with Gasteiger partial charge in [-0.2, -0.15) is 18.2 Å². The highest BCUT2D eigenvalue weighted by atomic mass is 32.2. The second-order valence-electron chi connectivity index (χ2n) is 7.95. The summed E-state index contributed by atoms with van der Waals surface area (Å²) in [5, 5.41) is 0.708. The fourth-order valence-corrected chi connectivity index (χ4v) is 4.62. The fourth-order valence-electron chi connectivity index (χ4n) is 3.65. The van der Waals surface area contributed by atoms with Gasteiger partial charge in [0.1, 0.15) is 6.61 Å². The fraction of sp³-hybridized carbons (Fsp3) is 0.333. The average molecular weight is 492 g/mol. The molecule has 2 aliphatic rings. The van der Waals surface area contributed by atoms with Gasteiger partial charge in [-0.15, -0.1) is 0 Å². The number of ether oxygens (including phenoxy) is 2. The molecular weight excluding hydrogens is 467 g/mol. The Labute approximate surface area is 200 Å². The van der Waals surface area contributed by atoms with Crippen LogP contribution in [-0.2, 0) is 17.6 Å². The van der Waals surface area contributed by atoms with Gasteiger partial charge in [-0.1, -0.05) is 24.3 Å². The molecule has 0 saturated carbocycles. The second kappa shape index (κ2) is 10.1. The van der Waals surface area contributed by atoms with Crippen molar-refractivity contribution in [1.82, 2.24) is 9.80 Å². The first-order valence-electron chi connectivity index (χ1n) is 10.7. The summed E-state index contributed by atoms with van der Waals surface area (Å²) in [5.74, 6) is 0.373. The number of amidine groups is 1. The number of likely N-dealkylation sites (N-methyl/N-ethyl adjacent to an activating group) is 1. The minimum Gasteiger partial charge on any atom is -0.493 e. The molecule has 0 aromatic heterocycles. The van der Waals surface area contributed by atoms with Crippen molar-refractivity contribution in [2.45, 2.75) is 12.8 Å². The number of halogens is 3. The van der Waals surface area contributed by atoms with E-state index in [-0.39, 0.29) is 18.1 Å². The normalized spacial score (nSPS) is 18.4. The Kier molecular flexibility index (Phi) is 7.18. The molecular formula is C24H24F3N3O3S. The quantitative estimate of drug-likeness (QED) is 0.574. The third-order valence-electron chi connectivity index (χ3n) is 5.57. The number of carbonyl (C=O) groups is 1. The molecule has 1 fully saturated rings. The number of nitrogens with zero attached hydrogens (tertiary/aromatic N) is 3. The van der Waals surface area contributed by atoms with Crippen molar-refractivity contribution in [3.63, 3.8) is 0 Å². The summed E-state index contributed by atoms with van der Waals surface area (Å²) in [5.41, 5.74) is -0.00130. The maximum atomic E-state index is 13.2. The van der Waals surface area contributed by atoms with Crippen molar-refractivity contribution >= 4 is 28.9 Å². The van der Waals surface area contributed by atoms with Gasteiger partial charge in [-0.25, -0.2) is 0 Å². The number of aliphatic imine (C=N–C) groups is 1. The van der Waals surface area contributed by atoms with Gasteiger partial charge in [0, 0.05) is 31.7 Å². The van der Waals surface area contributed by atoms with Gasteiger partial charge in [0.2, 0.25) is 0 Å². The van der Waals surface area contributed by atoms with Gasteiger partial charge in [-0.05, 0) is 48.6 Å². The molecule has 0 radical (unpaired) electrons. The predicted octanol–water partition coefficient (Wildman–Crippen LogP) is 4.51. The number of carbonyl (C=O) groups excluding carboxylic acids is 1. The Morgan fingerprint density at radius 1 is 1.09 bits per heavy atom. The summed E-state index contributed by atoms with van der Waals surface area (Å²) < 4.78 is 50.7. The Morgan fingerprint density at radius 2 is 1.82 bits per heavy atom. The second-order valence-corrected chi connectivity index (χ2v) is 8.96. The number of benzene rings is 2. The molecule has 0 atom stereocenters. The molecule has 1 amide bonds. The summed E-state index contributed by atoms with van der Waals surface area (Å²) >= 11 is 1.34. The minimum atomic E-state index is -4.46. The number of amides is 1. The average Bonchev–Trinajstić information content (AvgIpc) is 3.18. The first-order valence-corrected chi connectivity index (χ1v) is 11.5. The van der Waals surface area contributed by atoms with Gasteiger partial charge in [-0.3, -0.25) is 4.79 Å². The zero-order valence-corrected chi connectivity index (χ0v) is 19.6. The first kappa shape index (κ1) is 24.2. The van der Waals surface area contributed by atoms with Crippen molar-refractivity contribution < 1.29 is 27.4 Å². The van der Waals surface area contributed by atoms with Crippen molar-refractivity contribution in [3.05, 3.63) is 64.1 Å². The number of thioether (sulfide) groups is 1. The van der Waals surface area contributed by atoms with Crippen molar-refractivity contribution in [1.29, 1.82) is 0 Å². The molecule has 10 heteroatoms. The van der Waals surface area contributed by atoms with E-state index in [9.17, 15) is 18.0 Å². The van der Waals surface area contributed by atoms with Crippen LogP contribution in [0.25, 0.3) is 6.08 Å². The summed E-state index contributed by atoms with van der Waals surface area (Å²) in [6.45, 7) is 3.21. The number of methoxy groups -OCH3 is 1. The van der Waals surface area contributed by atoms with E-state index in [1.807, 2.05) is 0 Å². The minimum absolute atomic E-state index is 0.0322. The lowest BCUT2D eigenvalue weighted by molar-refractivity contribution is -0.138. The predicted molar refractivity (Wildman–Crippen MR) is 126 cm³/mol. The Balaban J connectivity index is 1.46. The lowest BCUT2D eigenvalue weighted by Gasteiger charge is -2.32. The highest BCUT2D eigenvalue weighted by Gasteiger charge is 2.33. The van der Waals surface area contributed by atoms with Crippen molar-refractivity contribution in [2.24, 2.45) is 4.99 Å². The van der Waals surface area contributed by atoms with E-state index >= 15 is 0 Å². The lowest BCUT2D eigenvalue weighted by atomic mass is 10.1. The highest BCUT2D eigenvalue weighted by molar-refractivity contribution is 8.18. The van der Waals surface area contributed by atoms with Crippen LogP contribution < -0.4 is 9.47 Å². The number of alkyl halides is 3. The van der Waals surface area contributed by atoms with Gasteiger partial charge >= 0.3 is 6.18 Å². The first-order chi connectivity index (χ1) is 16.2. The molecule has 2 aromatic carbocycles. The molecule has 6 nitrogen and oxygen atoms in total. The maximum absolute atomic E-state index is 13.2. The number of rotatable bonds is 5. The van der Waals surface area contributed by atoms with E-state index in [1.165, 1.54) is 37.1 Å². The summed E-state index contributed by atoms with van der Waals surface area (Å²) in [7, 11) is 3.51. The molecule has 0 unspecified atom stereocenters. The van der Waals surface area contributed by atoms with Gasteiger partial charge in [0.25, 0.3) is 5.91 Å². The molecule has 0 spiro atoms. The van der Waals surface area contributed by atoms with E-state index < -0.39 is 11.7 Å². The van der Waals surface area contributed by atoms with Crippen LogP contribution in [0, 0.1) is 0 Å². The molecule has 180 valence electrons. The van der Waals surface area contributed by atoms with E-state index in [1.54, 1.807) is 24.3 Å². The van der Waals surface area contributed by atoms with E-state index in [2.05, 4.69) is 21.8 Å². The zero-order chi connectivity index (χ0) is 24.3. The van der Waals surface area contributed by atoms with Crippen LogP contribution in [0.5, 0.6) is 11.5 Å². The van der Waals surface area contributed by atoms with E-state index in [0.29, 0.717) is 27.1 Å². The molecule has 0 bridgehead atoms. The summed E-state index contributed by atoms with van der Waals surface area (Å²) in [4.78, 5) is 21.5. The van der Waals surface area contributed by atoms with Crippen LogP contribution in [-0.4, -0.2) is 61.2 Å². The maximum Gasteiger partial charge on any atom is 0.416 e. The summed E-state index contributed by atoms with van der Waals surface area (Å²) in [6, 6.07) is 10.3. The largest absolute Gasteiger partial charge is 0.493 e. The zero-order valence-electron chi connectivity index (χ0n) is 18.8. The number of hydrogen-bond donors (Lipinski definition) is 0. The Bertz CT molecular complexity index is 1130. The van der Waals surface area contributed by atoms with Crippen molar-refractivity contribution in [2.75, 3.05) is 40.3 Å². The molecule has 34 heavy (non-hydrogen) atoms. The van der Waals surface area contributed by atoms with Gasteiger partial charge in [0.05, 0.1) is 17.6 Å². The monoisotopic (exact) mass is 491 g/mol. The van der Waals surface area contributed by atoms with E-state index in [0.717, 1.165) is 32.2 Å². The standard InChI is InChI=1S/C24H24F3N3O3S/c1-29-9-11-30(12-10-29)23-28-22(31)21(34-23)14-16-7-8-19(20(13-16)32-2)33-15-17-5-3-4-6-18(17)24(25,26)27/h3-8,13-14H,9-12,15H2,1-2H3/b21-14-. The third-order valence-corrected chi connectivity index (χ3v) is 6.62. The molecule has 2 aromatic rings. The lowest BCUT2D eigenvalue weighted by Crippen LogP contribution is -2.46. The molecule has 0 N–H and O–H groups in total. The Morgan fingerprint density at radius 3 is 2.53 bits per heavy atom. The molecule has 2 aliphatic heterocycles. The topological polar surface area (TPSA) is 54.4 Å². The molecule has 4 rings (SSSR count). The number of hydrogen-bond acceptors (Lipinski definition) is 6. The van der Waals surface area contributed by atoms with Gasteiger partial charge in [0.15, 0.2) is 16.7 Å². The smallest absolute Gasteiger partial charge is 0.416 e. The van der Waals surface area contributed by atoms with E-state index in [4.69, 9.17) is 9.47 Å². The van der Waals surface area contributed by atoms with Crippen molar-refractivity contribution in [3.8, 4) is 11.5 Å². The molecule has 1 saturated heterocycles. The van der Waals surface area contributed by atoms with Crippen LogP contribution >= 0.6 is 11.8 Å². The highest BCUT2D eigenvalue weighted by Crippen LogP contribution is 2.35. The van der Waals surface area contributed by atoms with Crippen LogP contribution in [0.4, 0.5) is 13.2 Å². The summed E-state index contributed by atoms with van der Waals surface area (Å²) in [6.07, 6.45) is -2.73. The Hall–Kier alpha value is -2.98. The van der Waals surface area contributed by atoms with Crippen LogP contribution in [0.1, 0.15) is 16.7 Å². The number of piperazine rings is 1. The van der Waals surface area contributed by atoms with Gasteiger partial charge < -0.3 is 19.3 Å². The SMILES string of the molecule is COc1cc(/C=C2\SC(N3CCN(C)CC3)=NC2=O)ccc1OCc1ccccc1C(F)(F)F. The van der Waals surface area contributed by atoms with Crippen LogP contribution in [0.15, 0.2) is 52.4 Å². The molecule has 2 heterocycles. The van der Waals surface area contributed by atoms with Crippen LogP contribution in [0.3, 0.4) is 0 Å². The molecule has 0 aliphatic carbocycles. The third kappa shape index (κ3) is 5.56. The van der Waals surface area contributed by atoms with Crippen LogP contribution in [0.2, 0.25) is 0 Å².